The molecule has 7 aliphatic rings. The van der Waals surface area contributed by atoms with E-state index in [2.05, 4.69) is 48.5 Å². The summed E-state index contributed by atoms with van der Waals surface area (Å²) in [4.78, 5) is 12.9. The maximum atomic E-state index is 12.9. The second kappa shape index (κ2) is 6.67. The summed E-state index contributed by atoms with van der Waals surface area (Å²) in [7, 11) is 0. The van der Waals surface area contributed by atoms with E-state index in [4.69, 9.17) is 9.47 Å². The molecule has 3 saturated heterocycles. The van der Waals surface area contributed by atoms with Crippen molar-refractivity contribution in [1.82, 2.24) is 0 Å². The summed E-state index contributed by atoms with van der Waals surface area (Å²) >= 11 is 0. The van der Waals surface area contributed by atoms with E-state index in [0.717, 1.165) is 31.8 Å². The number of Topliss-reactive ketones (excluding diaryl/α,β-unsaturated/α-hetero) is 1. The van der Waals surface area contributed by atoms with Gasteiger partial charge < -0.3 is 9.47 Å². The predicted molar refractivity (Wildman–Crippen MR) is 131 cm³/mol. The molecule has 186 valence electrons. The molecule has 4 aliphatic carbocycles. The number of carbonyl (C=O) groups is 1. The molecule has 4 saturated carbocycles. The first-order valence-corrected chi connectivity index (χ1v) is 14.2. The van der Waals surface area contributed by atoms with Crippen molar-refractivity contribution in [3.63, 3.8) is 0 Å². The summed E-state index contributed by atoms with van der Waals surface area (Å²) in [6.45, 7) is 17.9. The number of carbonyl (C=O) groups excluding carboxylic acids is 1. The second-order valence-corrected chi connectivity index (χ2v) is 15.0. The van der Waals surface area contributed by atoms with Crippen molar-refractivity contribution in [2.45, 2.75) is 125 Å². The second-order valence-electron chi connectivity index (χ2n) is 15.0. The van der Waals surface area contributed by atoms with E-state index in [1.807, 2.05) is 0 Å². The maximum absolute atomic E-state index is 12.9. The van der Waals surface area contributed by atoms with Crippen LogP contribution in [0.15, 0.2) is 0 Å². The highest BCUT2D eigenvalue weighted by molar-refractivity contribution is 5.85. The van der Waals surface area contributed by atoms with Crippen molar-refractivity contribution in [1.29, 1.82) is 0 Å². The van der Waals surface area contributed by atoms with Crippen LogP contribution in [0.3, 0.4) is 0 Å². The highest BCUT2D eigenvalue weighted by atomic mass is 16.7. The van der Waals surface area contributed by atoms with Gasteiger partial charge in [-0.15, -0.1) is 0 Å². The van der Waals surface area contributed by atoms with Gasteiger partial charge >= 0.3 is 0 Å². The third-order valence-corrected chi connectivity index (χ3v) is 13.6. The largest absolute Gasteiger partial charge is 0.349 e. The zero-order valence-corrected chi connectivity index (χ0v) is 22.4. The Labute approximate surface area is 202 Å². The summed E-state index contributed by atoms with van der Waals surface area (Å²) < 4.78 is 13.6. The fourth-order valence-corrected chi connectivity index (χ4v) is 11.2. The minimum atomic E-state index is -0.347. The lowest BCUT2D eigenvalue weighted by atomic mass is 9.33. The predicted octanol–water partition coefficient (Wildman–Crippen LogP) is 7.17. The van der Waals surface area contributed by atoms with E-state index in [0.29, 0.717) is 45.9 Å². The van der Waals surface area contributed by atoms with Crippen LogP contribution in [0.25, 0.3) is 0 Å². The van der Waals surface area contributed by atoms with Crippen LogP contribution >= 0.6 is 0 Å². The summed E-state index contributed by atoms with van der Waals surface area (Å²) in [5.74, 6) is 2.49. The molecule has 0 radical (unpaired) electrons. The molecule has 0 amide bonds. The molecule has 33 heavy (non-hydrogen) atoms. The van der Waals surface area contributed by atoms with Gasteiger partial charge in [0.15, 0.2) is 5.79 Å². The lowest BCUT2D eigenvalue weighted by Gasteiger charge is -2.74. The van der Waals surface area contributed by atoms with Gasteiger partial charge in [-0.1, -0.05) is 48.5 Å². The zero-order valence-electron chi connectivity index (χ0n) is 22.4. The molecule has 0 aromatic heterocycles. The minimum Gasteiger partial charge on any atom is -0.349 e. The van der Waals surface area contributed by atoms with Crippen molar-refractivity contribution >= 4 is 5.78 Å². The van der Waals surface area contributed by atoms with Crippen LogP contribution < -0.4 is 0 Å². The van der Waals surface area contributed by atoms with Crippen LogP contribution in [0, 0.1) is 50.7 Å². The number of ether oxygens (including phenoxy) is 2. The first-order chi connectivity index (χ1) is 15.3. The third kappa shape index (κ3) is 2.58. The summed E-state index contributed by atoms with van der Waals surface area (Å²) in [6, 6.07) is 0. The highest BCUT2D eigenvalue weighted by Gasteiger charge is 2.72. The minimum absolute atomic E-state index is 0.157. The Balaban J connectivity index is 1.37. The fourth-order valence-electron chi connectivity index (χ4n) is 11.2. The summed E-state index contributed by atoms with van der Waals surface area (Å²) in [5, 5.41) is 0. The van der Waals surface area contributed by atoms with E-state index in [9.17, 15) is 4.79 Å². The van der Waals surface area contributed by atoms with Crippen molar-refractivity contribution in [3.05, 3.63) is 0 Å². The molecule has 1 spiro atoms. The van der Waals surface area contributed by atoms with Gasteiger partial charge in [0.25, 0.3) is 0 Å². The lowest BCUT2D eigenvalue weighted by molar-refractivity contribution is -0.416. The molecule has 2 bridgehead atoms. The average Bonchev–Trinajstić information content (AvgIpc) is 2.77. The number of hydrogen-bond donors (Lipinski definition) is 0. The molecule has 0 aromatic carbocycles. The molecule has 7 fully saturated rings. The van der Waals surface area contributed by atoms with E-state index >= 15 is 0 Å². The van der Waals surface area contributed by atoms with Crippen LogP contribution in [-0.2, 0) is 14.3 Å². The van der Waals surface area contributed by atoms with Crippen molar-refractivity contribution in [2.24, 2.45) is 50.7 Å². The third-order valence-electron chi connectivity index (χ3n) is 13.6. The molecule has 0 unspecified atom stereocenters. The Bertz CT molecular complexity index is 851. The van der Waals surface area contributed by atoms with Crippen molar-refractivity contribution in [2.75, 3.05) is 6.61 Å². The number of hydrogen-bond acceptors (Lipinski definition) is 3. The summed E-state index contributed by atoms with van der Waals surface area (Å²) in [5.41, 5.74) is 1.05. The Morgan fingerprint density at radius 2 is 1.55 bits per heavy atom. The number of fused-ring (bicyclic) bond motifs is 7. The van der Waals surface area contributed by atoms with Crippen LogP contribution in [-0.4, -0.2) is 24.3 Å². The quantitative estimate of drug-likeness (QED) is 0.419. The van der Waals surface area contributed by atoms with Crippen LogP contribution in [0.2, 0.25) is 0 Å². The van der Waals surface area contributed by atoms with Gasteiger partial charge in [0.2, 0.25) is 0 Å². The van der Waals surface area contributed by atoms with E-state index in [1.54, 1.807) is 0 Å². The highest BCUT2D eigenvalue weighted by Crippen LogP contribution is 2.76. The topological polar surface area (TPSA) is 35.5 Å². The molecule has 3 aliphatic heterocycles. The molecule has 0 N–H and O–H groups in total. The normalized spacial score (nSPS) is 57.2. The van der Waals surface area contributed by atoms with Gasteiger partial charge in [0.05, 0.1) is 12.7 Å². The monoisotopic (exact) mass is 456 g/mol. The van der Waals surface area contributed by atoms with E-state index in [-0.39, 0.29) is 16.6 Å². The number of ketones is 1. The summed E-state index contributed by atoms with van der Waals surface area (Å²) in [6.07, 6.45) is 12.4. The zero-order chi connectivity index (χ0) is 23.7. The Kier molecular flexibility index (Phi) is 4.65. The van der Waals surface area contributed by atoms with Crippen LogP contribution in [0.4, 0.5) is 0 Å². The Morgan fingerprint density at radius 3 is 2.21 bits per heavy atom. The molecular formula is C30H48O3. The smallest absolute Gasteiger partial charge is 0.170 e. The Morgan fingerprint density at radius 1 is 0.818 bits per heavy atom. The van der Waals surface area contributed by atoms with Gasteiger partial charge in [0.1, 0.15) is 5.78 Å². The average molecular weight is 457 g/mol. The molecule has 3 heteroatoms. The van der Waals surface area contributed by atoms with Gasteiger partial charge in [-0.2, -0.15) is 0 Å². The Hall–Kier alpha value is -0.410. The van der Waals surface area contributed by atoms with Gasteiger partial charge in [0, 0.05) is 29.6 Å². The van der Waals surface area contributed by atoms with Crippen LogP contribution in [0.1, 0.15) is 113 Å². The molecule has 0 aromatic rings. The van der Waals surface area contributed by atoms with E-state index in [1.165, 1.54) is 44.9 Å². The van der Waals surface area contributed by atoms with Crippen LogP contribution in [0.5, 0.6) is 0 Å². The molecule has 3 heterocycles. The molecular weight excluding hydrogens is 408 g/mol. The number of rotatable bonds is 1. The van der Waals surface area contributed by atoms with Crippen molar-refractivity contribution in [3.8, 4) is 0 Å². The maximum Gasteiger partial charge on any atom is 0.170 e. The first-order valence-electron chi connectivity index (χ1n) is 14.2. The lowest BCUT2D eigenvalue weighted by Crippen LogP contribution is -2.72. The molecule has 3 nitrogen and oxygen atoms in total. The first kappa shape index (κ1) is 23.0. The van der Waals surface area contributed by atoms with Gasteiger partial charge in [-0.05, 0) is 85.4 Å². The van der Waals surface area contributed by atoms with E-state index < -0.39 is 0 Å². The van der Waals surface area contributed by atoms with Gasteiger partial charge in [-0.25, -0.2) is 0 Å². The van der Waals surface area contributed by atoms with Crippen molar-refractivity contribution < 1.29 is 14.3 Å². The standard InChI is InChI=1S/C30H48O3/c1-19(2)30-17-16-29(18-32-30)15-14-27(6)20(24(29)33-30)8-9-22-26(5)12-11-23(31)25(3,4)21(26)10-13-28(22,27)7/h19-22,24H,8-18H2,1-7H3/t20-,21+,22-,24-,26+,27-,28-,29+,30+/m1/s1. The fraction of sp³-hybridized carbons (Fsp3) is 0.967. The SMILES string of the molecule is CC(C)[C@]12CC[C@@]3(CC[C@]4(C)[C@H](CC[C@@H]5[C@@]6(C)CCC(=O)C(C)(C)[C@@H]6CC[C@]54C)[C@H]3O1)CO2. The molecule has 7 rings (SSSR count). The van der Waals surface area contributed by atoms with Gasteiger partial charge in [-0.3, -0.25) is 4.79 Å². The molecule has 9 atom stereocenters.